The SMILES string of the molecule is CCCCNc1nc(N)c2c(n1)N(Cc1ccc(Cl)c([N+](=O)[O-])c1)C(=O)C2. The molecule has 0 fully saturated rings. The van der Waals surface area contributed by atoms with Crippen molar-refractivity contribution >= 4 is 40.8 Å². The van der Waals surface area contributed by atoms with Crippen molar-refractivity contribution in [2.75, 3.05) is 22.5 Å². The maximum atomic E-state index is 12.5. The Morgan fingerprint density at radius 2 is 2.19 bits per heavy atom. The molecule has 0 saturated heterocycles. The van der Waals surface area contributed by atoms with E-state index in [9.17, 15) is 14.9 Å². The van der Waals surface area contributed by atoms with Gasteiger partial charge in [0.1, 0.15) is 16.7 Å². The zero-order valence-corrected chi connectivity index (χ0v) is 15.5. The lowest BCUT2D eigenvalue weighted by Crippen LogP contribution is -2.27. The standard InChI is InChI=1S/C17H19ClN6O3/c1-2-3-6-20-17-21-15(19)11-8-14(25)23(16(11)22-17)9-10-4-5-12(18)13(7-10)24(26)27/h4-5,7H,2-3,6,8-9H2,1H3,(H3,19,20,21,22). The fourth-order valence-electron chi connectivity index (χ4n) is 2.84. The van der Waals surface area contributed by atoms with Crippen molar-refractivity contribution in [2.45, 2.75) is 32.7 Å². The molecule has 10 heteroatoms. The van der Waals surface area contributed by atoms with E-state index >= 15 is 0 Å². The van der Waals surface area contributed by atoms with E-state index in [1.54, 1.807) is 6.07 Å². The third-order valence-corrected chi connectivity index (χ3v) is 4.58. The molecule has 1 aromatic heterocycles. The number of nitro groups is 1. The van der Waals surface area contributed by atoms with Gasteiger partial charge in [-0.1, -0.05) is 31.0 Å². The second kappa shape index (κ2) is 7.75. The lowest BCUT2D eigenvalue weighted by molar-refractivity contribution is -0.384. The zero-order valence-electron chi connectivity index (χ0n) is 14.7. The summed E-state index contributed by atoms with van der Waals surface area (Å²) in [5.74, 6) is 0.872. The number of amides is 1. The number of hydrogen-bond acceptors (Lipinski definition) is 7. The van der Waals surface area contributed by atoms with Gasteiger partial charge in [0.05, 0.1) is 17.9 Å². The summed E-state index contributed by atoms with van der Waals surface area (Å²) in [5.41, 5.74) is 6.95. The molecule has 3 rings (SSSR count). The number of hydrogen-bond donors (Lipinski definition) is 2. The number of carbonyl (C=O) groups is 1. The largest absolute Gasteiger partial charge is 0.383 e. The molecule has 1 aliphatic heterocycles. The van der Waals surface area contributed by atoms with Crippen LogP contribution in [0.2, 0.25) is 5.02 Å². The maximum Gasteiger partial charge on any atom is 0.288 e. The summed E-state index contributed by atoms with van der Waals surface area (Å²) in [7, 11) is 0. The molecule has 1 aromatic carbocycles. The second-order valence-corrected chi connectivity index (χ2v) is 6.62. The number of nitrogen functional groups attached to an aromatic ring is 1. The van der Waals surface area contributed by atoms with Crippen LogP contribution in [0.4, 0.5) is 23.3 Å². The van der Waals surface area contributed by atoms with Crippen molar-refractivity contribution < 1.29 is 9.72 Å². The lowest BCUT2D eigenvalue weighted by Gasteiger charge is -2.17. The Bertz CT molecular complexity index is 904. The van der Waals surface area contributed by atoms with Crippen molar-refractivity contribution in [3.8, 4) is 0 Å². The van der Waals surface area contributed by atoms with Gasteiger partial charge in [-0.2, -0.15) is 9.97 Å². The summed E-state index contributed by atoms with van der Waals surface area (Å²) < 4.78 is 0. The Kier molecular flexibility index (Phi) is 5.41. The van der Waals surface area contributed by atoms with Gasteiger partial charge in [0, 0.05) is 18.2 Å². The molecular formula is C17H19ClN6O3. The van der Waals surface area contributed by atoms with Gasteiger partial charge >= 0.3 is 0 Å². The first-order chi connectivity index (χ1) is 12.9. The topological polar surface area (TPSA) is 127 Å². The highest BCUT2D eigenvalue weighted by Crippen LogP contribution is 2.33. The monoisotopic (exact) mass is 390 g/mol. The normalized spacial score (nSPS) is 13.0. The first-order valence-electron chi connectivity index (χ1n) is 8.54. The Balaban J connectivity index is 1.89. The molecule has 0 radical (unpaired) electrons. The highest BCUT2D eigenvalue weighted by atomic mass is 35.5. The average molecular weight is 391 g/mol. The van der Waals surface area contributed by atoms with Crippen molar-refractivity contribution in [3.63, 3.8) is 0 Å². The Morgan fingerprint density at radius 3 is 2.89 bits per heavy atom. The number of fused-ring (bicyclic) bond motifs is 1. The minimum absolute atomic E-state index is 0.0471. The smallest absolute Gasteiger partial charge is 0.288 e. The summed E-state index contributed by atoms with van der Waals surface area (Å²) in [6, 6.07) is 4.45. The van der Waals surface area contributed by atoms with Gasteiger partial charge in [0.15, 0.2) is 0 Å². The molecule has 142 valence electrons. The van der Waals surface area contributed by atoms with E-state index in [1.165, 1.54) is 17.0 Å². The molecule has 2 heterocycles. The predicted octanol–water partition coefficient (Wildman–Crippen LogP) is 2.92. The van der Waals surface area contributed by atoms with Crippen LogP contribution in [0.1, 0.15) is 30.9 Å². The minimum Gasteiger partial charge on any atom is -0.383 e. The van der Waals surface area contributed by atoms with Gasteiger partial charge in [-0.05, 0) is 18.1 Å². The van der Waals surface area contributed by atoms with Crippen LogP contribution in [-0.2, 0) is 17.8 Å². The predicted molar refractivity (Wildman–Crippen MR) is 103 cm³/mol. The number of carbonyl (C=O) groups excluding carboxylic acids is 1. The van der Waals surface area contributed by atoms with Crippen LogP contribution in [0.3, 0.4) is 0 Å². The van der Waals surface area contributed by atoms with Gasteiger partial charge in [-0.25, -0.2) is 0 Å². The number of benzene rings is 1. The summed E-state index contributed by atoms with van der Waals surface area (Å²) in [4.78, 5) is 33.1. The van der Waals surface area contributed by atoms with Gasteiger partial charge in [-0.15, -0.1) is 0 Å². The number of nitrogens with two attached hydrogens (primary N) is 1. The van der Waals surface area contributed by atoms with E-state index in [4.69, 9.17) is 17.3 Å². The number of rotatable bonds is 7. The lowest BCUT2D eigenvalue weighted by atomic mass is 10.2. The highest BCUT2D eigenvalue weighted by Gasteiger charge is 2.32. The van der Waals surface area contributed by atoms with Gasteiger partial charge in [0.25, 0.3) is 5.69 Å². The van der Waals surface area contributed by atoms with Crippen molar-refractivity contribution in [2.24, 2.45) is 0 Å². The van der Waals surface area contributed by atoms with Crippen LogP contribution in [-0.4, -0.2) is 27.3 Å². The number of anilines is 3. The van der Waals surface area contributed by atoms with Gasteiger partial charge < -0.3 is 11.1 Å². The molecule has 0 saturated carbocycles. The first-order valence-corrected chi connectivity index (χ1v) is 8.92. The van der Waals surface area contributed by atoms with Crippen molar-refractivity contribution in [1.29, 1.82) is 0 Å². The van der Waals surface area contributed by atoms with E-state index < -0.39 is 4.92 Å². The van der Waals surface area contributed by atoms with Crippen molar-refractivity contribution in [3.05, 3.63) is 44.5 Å². The van der Waals surface area contributed by atoms with Crippen LogP contribution in [0.15, 0.2) is 18.2 Å². The molecule has 27 heavy (non-hydrogen) atoms. The first kappa shape index (κ1) is 18.8. The Hall–Kier alpha value is -2.94. The summed E-state index contributed by atoms with van der Waals surface area (Å²) in [6.07, 6.45) is 2.08. The van der Waals surface area contributed by atoms with Crippen LogP contribution >= 0.6 is 11.6 Å². The third-order valence-electron chi connectivity index (χ3n) is 4.26. The quantitative estimate of drug-likeness (QED) is 0.422. The van der Waals surface area contributed by atoms with E-state index in [0.29, 0.717) is 29.4 Å². The van der Waals surface area contributed by atoms with Crippen molar-refractivity contribution in [1.82, 2.24) is 9.97 Å². The van der Waals surface area contributed by atoms with Gasteiger partial charge in [-0.3, -0.25) is 19.8 Å². The fourth-order valence-corrected chi connectivity index (χ4v) is 3.03. The van der Waals surface area contributed by atoms with Crippen LogP contribution in [0, 0.1) is 10.1 Å². The number of nitro benzene ring substituents is 1. The summed E-state index contributed by atoms with van der Waals surface area (Å²) >= 11 is 5.85. The van der Waals surface area contributed by atoms with E-state index in [0.717, 1.165) is 12.8 Å². The fraction of sp³-hybridized carbons (Fsp3) is 0.353. The molecule has 0 aliphatic carbocycles. The molecule has 9 nitrogen and oxygen atoms in total. The number of nitrogens with one attached hydrogen (secondary N) is 1. The number of aromatic nitrogens is 2. The van der Waals surface area contributed by atoms with Crippen LogP contribution < -0.4 is 16.0 Å². The number of unbranched alkanes of at least 4 members (excludes halogenated alkanes) is 1. The second-order valence-electron chi connectivity index (χ2n) is 6.21. The van der Waals surface area contributed by atoms with Crippen LogP contribution in [0.5, 0.6) is 0 Å². The number of nitrogens with zero attached hydrogens (tertiary/aromatic N) is 4. The highest BCUT2D eigenvalue weighted by molar-refractivity contribution is 6.32. The minimum atomic E-state index is -0.554. The molecule has 1 amide bonds. The van der Waals surface area contributed by atoms with E-state index in [2.05, 4.69) is 22.2 Å². The zero-order chi connectivity index (χ0) is 19.6. The molecule has 0 bridgehead atoms. The molecule has 0 spiro atoms. The molecule has 2 aromatic rings. The summed E-state index contributed by atoms with van der Waals surface area (Å²) in [5, 5.41) is 14.2. The van der Waals surface area contributed by atoms with E-state index in [-0.39, 0.29) is 35.4 Å². The van der Waals surface area contributed by atoms with Gasteiger partial charge in [0.2, 0.25) is 11.9 Å². The number of halogens is 1. The molecule has 0 unspecified atom stereocenters. The van der Waals surface area contributed by atoms with E-state index in [1.807, 2.05) is 0 Å². The maximum absolute atomic E-state index is 12.5. The third kappa shape index (κ3) is 3.92. The molecule has 1 aliphatic rings. The molecular weight excluding hydrogens is 372 g/mol. The Morgan fingerprint density at radius 1 is 1.41 bits per heavy atom. The molecule has 3 N–H and O–H groups in total. The average Bonchev–Trinajstić information content (AvgIpc) is 2.93. The molecule has 0 atom stereocenters. The summed E-state index contributed by atoms with van der Waals surface area (Å²) in [6.45, 7) is 2.91. The van der Waals surface area contributed by atoms with Crippen LogP contribution in [0.25, 0.3) is 0 Å². The Labute approximate surface area is 160 Å².